The number of ether oxygens (including phenoxy) is 1. The molecule has 1 saturated heterocycles. The van der Waals surface area contributed by atoms with Crippen molar-refractivity contribution in [3.05, 3.63) is 107 Å². The van der Waals surface area contributed by atoms with Crippen LogP contribution in [0.25, 0.3) is 16.7 Å². The highest BCUT2D eigenvalue weighted by Crippen LogP contribution is 2.40. The molecule has 35 heavy (non-hydrogen) atoms. The second kappa shape index (κ2) is 9.10. The minimum absolute atomic E-state index is 0.0335. The molecule has 1 aromatic heterocycles. The second-order valence-corrected chi connectivity index (χ2v) is 8.39. The maximum absolute atomic E-state index is 13.5. The van der Waals surface area contributed by atoms with E-state index in [1.54, 1.807) is 24.3 Å². The summed E-state index contributed by atoms with van der Waals surface area (Å²) in [5, 5.41) is 12.1. The summed E-state index contributed by atoms with van der Waals surface area (Å²) in [7, 11) is 1.53. The number of H-pyrrole nitrogens is 1. The first-order valence-corrected chi connectivity index (χ1v) is 11.2. The highest BCUT2D eigenvalue weighted by atomic mass is 19.1. The van der Waals surface area contributed by atoms with Crippen LogP contribution in [0.1, 0.15) is 22.7 Å². The number of aromatic amines is 1. The first-order valence-electron chi connectivity index (χ1n) is 11.2. The molecule has 5 rings (SSSR count). The Morgan fingerprint density at radius 3 is 2.60 bits per heavy atom. The van der Waals surface area contributed by atoms with Gasteiger partial charge in [-0.1, -0.05) is 30.3 Å². The molecule has 0 radical (unpaired) electrons. The molecule has 0 saturated carbocycles. The van der Waals surface area contributed by atoms with Crippen LogP contribution in [-0.2, 0) is 16.0 Å². The summed E-state index contributed by atoms with van der Waals surface area (Å²) in [6, 6.07) is 19.3. The Bertz CT molecular complexity index is 1460. The number of methoxy groups -OCH3 is 1. The Hall–Kier alpha value is -4.39. The van der Waals surface area contributed by atoms with Crippen LogP contribution in [0.2, 0.25) is 0 Å². The quantitative estimate of drug-likeness (QED) is 0.237. The zero-order valence-corrected chi connectivity index (χ0v) is 19.0. The van der Waals surface area contributed by atoms with E-state index in [0.717, 1.165) is 16.5 Å². The zero-order chi connectivity index (χ0) is 24.5. The molecule has 0 bridgehead atoms. The molecular formula is C28H23FN2O4. The van der Waals surface area contributed by atoms with Crippen LogP contribution in [0.3, 0.4) is 0 Å². The maximum atomic E-state index is 13.5. The van der Waals surface area contributed by atoms with E-state index in [4.69, 9.17) is 4.74 Å². The number of rotatable bonds is 6. The van der Waals surface area contributed by atoms with E-state index in [9.17, 15) is 19.1 Å². The minimum Gasteiger partial charge on any atom is -0.507 e. The Labute approximate surface area is 201 Å². The van der Waals surface area contributed by atoms with Crippen molar-refractivity contribution in [3.63, 3.8) is 0 Å². The third-order valence-electron chi connectivity index (χ3n) is 6.36. The van der Waals surface area contributed by atoms with Crippen LogP contribution in [0.4, 0.5) is 4.39 Å². The van der Waals surface area contributed by atoms with E-state index in [1.165, 1.54) is 36.3 Å². The third-order valence-corrected chi connectivity index (χ3v) is 6.36. The molecule has 3 aromatic carbocycles. The normalized spacial score (nSPS) is 17.3. The zero-order valence-electron chi connectivity index (χ0n) is 19.0. The molecule has 1 amide bonds. The van der Waals surface area contributed by atoms with E-state index >= 15 is 0 Å². The van der Waals surface area contributed by atoms with E-state index in [2.05, 4.69) is 4.98 Å². The van der Waals surface area contributed by atoms with E-state index in [1.807, 2.05) is 30.5 Å². The van der Waals surface area contributed by atoms with Crippen molar-refractivity contribution in [3.8, 4) is 5.75 Å². The number of benzene rings is 3. The number of nitrogens with one attached hydrogen (secondary N) is 1. The number of carbonyl (C=O) groups is 2. The lowest BCUT2D eigenvalue weighted by Crippen LogP contribution is -2.31. The number of hydrogen-bond donors (Lipinski definition) is 2. The highest BCUT2D eigenvalue weighted by Gasteiger charge is 2.46. The number of Topliss-reactive ketones (excluding diaryl/α,β-unsaturated/α-hetero) is 1. The van der Waals surface area contributed by atoms with Gasteiger partial charge < -0.3 is 19.7 Å². The molecule has 176 valence electrons. The van der Waals surface area contributed by atoms with Crippen molar-refractivity contribution in [2.45, 2.75) is 12.5 Å². The third kappa shape index (κ3) is 4.05. The van der Waals surface area contributed by atoms with Crippen molar-refractivity contribution >= 4 is 28.4 Å². The predicted octanol–water partition coefficient (Wildman–Crippen LogP) is 4.98. The van der Waals surface area contributed by atoms with E-state index in [-0.39, 0.29) is 23.4 Å². The summed E-state index contributed by atoms with van der Waals surface area (Å²) in [6.07, 6.45) is 2.41. The smallest absolute Gasteiger partial charge is 0.295 e. The van der Waals surface area contributed by atoms with Crippen LogP contribution in [-0.4, -0.2) is 40.3 Å². The molecule has 1 aliphatic rings. The molecule has 1 atom stereocenters. The van der Waals surface area contributed by atoms with Gasteiger partial charge in [-0.3, -0.25) is 9.59 Å². The van der Waals surface area contributed by atoms with Gasteiger partial charge in [0.25, 0.3) is 11.7 Å². The van der Waals surface area contributed by atoms with Crippen LogP contribution in [0.15, 0.2) is 84.6 Å². The maximum Gasteiger partial charge on any atom is 0.295 e. The largest absolute Gasteiger partial charge is 0.507 e. The van der Waals surface area contributed by atoms with Crippen molar-refractivity contribution in [1.82, 2.24) is 9.88 Å². The summed E-state index contributed by atoms with van der Waals surface area (Å²) in [4.78, 5) is 31.1. The van der Waals surface area contributed by atoms with Crippen LogP contribution in [0.5, 0.6) is 5.75 Å². The monoisotopic (exact) mass is 470 g/mol. The number of halogens is 1. The summed E-state index contributed by atoms with van der Waals surface area (Å²) < 4.78 is 18.8. The second-order valence-electron chi connectivity index (χ2n) is 8.39. The van der Waals surface area contributed by atoms with Gasteiger partial charge in [-0.25, -0.2) is 4.39 Å². The van der Waals surface area contributed by atoms with Gasteiger partial charge >= 0.3 is 0 Å². The molecule has 7 heteroatoms. The fourth-order valence-electron chi connectivity index (χ4n) is 4.61. The molecule has 1 fully saturated rings. The lowest BCUT2D eigenvalue weighted by atomic mass is 9.95. The molecule has 2 heterocycles. The average molecular weight is 471 g/mol. The molecular weight excluding hydrogens is 447 g/mol. The highest BCUT2D eigenvalue weighted by molar-refractivity contribution is 6.46. The number of carbonyl (C=O) groups excluding carboxylic acids is 2. The summed E-state index contributed by atoms with van der Waals surface area (Å²) >= 11 is 0. The fourth-order valence-corrected chi connectivity index (χ4v) is 4.61. The van der Waals surface area contributed by atoms with Gasteiger partial charge in [0.15, 0.2) is 0 Å². The molecule has 0 spiro atoms. The van der Waals surface area contributed by atoms with Gasteiger partial charge in [-0.05, 0) is 60.0 Å². The molecule has 4 aromatic rings. The number of fused-ring (bicyclic) bond motifs is 1. The van der Waals surface area contributed by atoms with Gasteiger partial charge in [0.1, 0.15) is 17.3 Å². The van der Waals surface area contributed by atoms with E-state index < -0.39 is 23.5 Å². The molecule has 2 N–H and O–H groups in total. The lowest BCUT2D eigenvalue weighted by molar-refractivity contribution is -0.139. The van der Waals surface area contributed by atoms with Crippen LogP contribution >= 0.6 is 0 Å². The number of nitrogens with zero attached hydrogens (tertiary/aromatic N) is 1. The summed E-state index contributed by atoms with van der Waals surface area (Å²) in [5.74, 6) is -1.72. The Balaban J connectivity index is 1.58. The number of amides is 1. The summed E-state index contributed by atoms with van der Waals surface area (Å²) in [6.45, 7) is 0.258. The van der Waals surface area contributed by atoms with Gasteiger partial charge in [-0.15, -0.1) is 0 Å². The number of aliphatic hydroxyl groups is 1. The molecule has 1 aliphatic heterocycles. The number of aliphatic hydroxyl groups excluding tert-OH is 1. The van der Waals surface area contributed by atoms with Crippen molar-refractivity contribution in [1.29, 1.82) is 0 Å². The number of para-hydroxylation sites is 1. The first kappa shape index (κ1) is 22.4. The number of aromatic nitrogens is 1. The predicted molar refractivity (Wildman–Crippen MR) is 130 cm³/mol. The minimum atomic E-state index is -0.819. The number of likely N-dealkylation sites (tertiary alicyclic amines) is 1. The number of ketones is 1. The summed E-state index contributed by atoms with van der Waals surface area (Å²) in [5.41, 5.74) is 2.87. The number of hydrogen-bond acceptors (Lipinski definition) is 4. The Morgan fingerprint density at radius 2 is 1.83 bits per heavy atom. The Kier molecular flexibility index (Phi) is 5.82. The van der Waals surface area contributed by atoms with Crippen LogP contribution in [0, 0.1) is 5.82 Å². The van der Waals surface area contributed by atoms with Gasteiger partial charge in [0.2, 0.25) is 0 Å². The van der Waals surface area contributed by atoms with Gasteiger partial charge in [0, 0.05) is 29.2 Å². The fraction of sp³-hybridized carbons (Fsp3) is 0.143. The molecule has 0 unspecified atom stereocenters. The first-order chi connectivity index (χ1) is 17.0. The molecule has 6 nitrogen and oxygen atoms in total. The Morgan fingerprint density at radius 1 is 1.06 bits per heavy atom. The average Bonchev–Trinajstić information content (AvgIpc) is 3.41. The van der Waals surface area contributed by atoms with Crippen LogP contribution < -0.4 is 4.74 Å². The topological polar surface area (TPSA) is 82.6 Å². The SMILES string of the molecule is COc1cccc([C@@H]2C(=C(O)c3ccc(F)cc3)C(=O)C(=O)N2CCc2c[nH]c3ccccc23)c1. The van der Waals surface area contributed by atoms with Gasteiger partial charge in [0.05, 0.1) is 18.7 Å². The van der Waals surface area contributed by atoms with Crippen molar-refractivity contribution < 1.29 is 23.8 Å². The standard InChI is InChI=1S/C28H23FN2O4/c1-35-21-6-4-5-18(15-21)25-24(26(32)17-9-11-20(29)12-10-17)27(33)28(34)31(25)14-13-19-16-30-23-8-3-2-7-22(19)23/h2-12,15-16,25,30,32H,13-14H2,1H3/t25-/m1/s1. The lowest BCUT2D eigenvalue weighted by Gasteiger charge is -2.25. The van der Waals surface area contributed by atoms with Crippen molar-refractivity contribution in [2.24, 2.45) is 0 Å². The molecule has 0 aliphatic carbocycles. The van der Waals surface area contributed by atoms with Crippen molar-refractivity contribution in [2.75, 3.05) is 13.7 Å². The van der Waals surface area contributed by atoms with E-state index in [0.29, 0.717) is 17.7 Å². The van der Waals surface area contributed by atoms with Gasteiger partial charge in [-0.2, -0.15) is 0 Å².